The number of ether oxygens (including phenoxy) is 3. The monoisotopic (exact) mass is 505 g/mol. The number of carbonyl (C=O) groups is 2. The molecule has 2 heterocycles. The molecule has 0 fully saturated rings. The van der Waals surface area contributed by atoms with E-state index in [0.717, 1.165) is 16.7 Å². The van der Waals surface area contributed by atoms with Crippen molar-refractivity contribution in [1.82, 2.24) is 5.43 Å². The number of carbonyl (C=O) groups excluding carboxylic acids is 2. The lowest BCUT2D eigenvalue weighted by atomic mass is 9.87. The van der Waals surface area contributed by atoms with Crippen molar-refractivity contribution in [3.8, 4) is 23.0 Å². The zero-order valence-electron chi connectivity index (χ0n) is 20.4. The van der Waals surface area contributed by atoms with Gasteiger partial charge in [-0.25, -0.2) is 5.43 Å². The van der Waals surface area contributed by atoms with Gasteiger partial charge in [-0.15, -0.1) is 0 Å². The van der Waals surface area contributed by atoms with Crippen molar-refractivity contribution in [2.45, 2.75) is 12.8 Å². The minimum atomic E-state index is -0.540. The lowest BCUT2D eigenvalue weighted by Gasteiger charge is -2.26. The first-order valence-corrected chi connectivity index (χ1v) is 12.1. The van der Waals surface area contributed by atoms with Crippen molar-refractivity contribution < 1.29 is 23.8 Å². The number of nitrogens with one attached hydrogen (secondary N) is 2. The van der Waals surface area contributed by atoms with Gasteiger partial charge in [0.25, 0.3) is 11.8 Å². The zero-order chi connectivity index (χ0) is 26.1. The Morgan fingerprint density at radius 1 is 0.763 bits per heavy atom. The average Bonchev–Trinajstić information content (AvgIpc) is 3.43. The molecule has 6 rings (SSSR count). The molecule has 0 unspecified atom stereocenters. The van der Waals surface area contributed by atoms with Crippen LogP contribution in [0.5, 0.6) is 23.0 Å². The smallest absolute Gasteiger partial charge is 0.255 e. The number of rotatable bonds is 5. The number of amides is 2. The lowest BCUT2D eigenvalue weighted by Crippen LogP contribution is -2.29. The van der Waals surface area contributed by atoms with Crippen molar-refractivity contribution in [1.29, 1.82) is 0 Å². The van der Waals surface area contributed by atoms with E-state index in [-0.39, 0.29) is 18.6 Å². The number of nitrogens with zero attached hydrogens (tertiary/aromatic N) is 1. The van der Waals surface area contributed by atoms with Gasteiger partial charge < -0.3 is 19.5 Å². The number of hydrogen-bond acceptors (Lipinski definition) is 6. The molecule has 2 aliphatic rings. The largest absolute Gasteiger partial charge is 0.457 e. The van der Waals surface area contributed by atoms with E-state index in [9.17, 15) is 9.59 Å². The van der Waals surface area contributed by atoms with E-state index in [1.165, 1.54) is 0 Å². The normalized spacial score (nSPS) is 13.7. The number of hydrazone groups is 1. The second-order valence-electron chi connectivity index (χ2n) is 8.88. The van der Waals surface area contributed by atoms with Crippen molar-refractivity contribution in [2.24, 2.45) is 5.10 Å². The molecule has 0 aliphatic carbocycles. The summed E-state index contributed by atoms with van der Waals surface area (Å²) in [6, 6.07) is 27.3. The highest BCUT2D eigenvalue weighted by atomic mass is 16.7. The molecule has 0 bridgehead atoms. The van der Waals surface area contributed by atoms with E-state index in [4.69, 9.17) is 14.2 Å². The molecule has 4 aromatic rings. The van der Waals surface area contributed by atoms with Gasteiger partial charge in [0.1, 0.15) is 11.5 Å². The van der Waals surface area contributed by atoms with Crippen LogP contribution in [0.4, 0.5) is 5.69 Å². The SMILES string of the molecule is CC(=NNC(=O)C1c2ccccc2Oc2ccccc21)c1ccc(NC(=O)c2ccc3c(c2)OCO3)cc1. The highest BCUT2D eigenvalue weighted by Gasteiger charge is 2.32. The fourth-order valence-corrected chi connectivity index (χ4v) is 4.50. The van der Waals surface area contributed by atoms with Crippen LogP contribution in [0.2, 0.25) is 0 Å². The van der Waals surface area contributed by atoms with Crippen LogP contribution in [-0.4, -0.2) is 24.3 Å². The molecule has 4 aromatic carbocycles. The highest BCUT2D eigenvalue weighted by Crippen LogP contribution is 2.43. The van der Waals surface area contributed by atoms with Crippen molar-refractivity contribution >= 4 is 23.2 Å². The summed E-state index contributed by atoms with van der Waals surface area (Å²) in [6.45, 7) is 1.96. The number of para-hydroxylation sites is 2. The maximum absolute atomic E-state index is 13.3. The van der Waals surface area contributed by atoms with Crippen LogP contribution in [0.1, 0.15) is 39.9 Å². The first kappa shape index (κ1) is 23.3. The molecule has 2 aliphatic heterocycles. The molecule has 38 heavy (non-hydrogen) atoms. The van der Waals surface area contributed by atoms with Crippen molar-refractivity contribution in [2.75, 3.05) is 12.1 Å². The Balaban J connectivity index is 1.14. The summed E-state index contributed by atoms with van der Waals surface area (Å²) in [4.78, 5) is 26.0. The summed E-state index contributed by atoms with van der Waals surface area (Å²) in [5.41, 5.74) is 6.83. The molecule has 2 amide bonds. The fraction of sp³-hybridized carbons (Fsp3) is 0.100. The van der Waals surface area contributed by atoms with Gasteiger partial charge in [0.2, 0.25) is 6.79 Å². The number of benzene rings is 4. The van der Waals surface area contributed by atoms with Crippen molar-refractivity contribution in [3.63, 3.8) is 0 Å². The van der Waals surface area contributed by atoms with Gasteiger partial charge in [0.05, 0.1) is 11.6 Å². The predicted molar refractivity (Wildman–Crippen MR) is 142 cm³/mol. The summed E-state index contributed by atoms with van der Waals surface area (Å²) in [5, 5.41) is 7.22. The van der Waals surface area contributed by atoms with E-state index >= 15 is 0 Å². The molecule has 0 aromatic heterocycles. The summed E-state index contributed by atoms with van der Waals surface area (Å²) in [7, 11) is 0. The second-order valence-corrected chi connectivity index (χ2v) is 8.88. The van der Waals surface area contributed by atoms with Crippen LogP contribution < -0.4 is 25.0 Å². The molecule has 8 heteroatoms. The van der Waals surface area contributed by atoms with Gasteiger partial charge in [-0.05, 0) is 55.0 Å². The first-order valence-electron chi connectivity index (χ1n) is 12.1. The lowest BCUT2D eigenvalue weighted by molar-refractivity contribution is -0.121. The summed E-state index contributed by atoms with van der Waals surface area (Å²) >= 11 is 0. The Morgan fingerprint density at radius 3 is 2.11 bits per heavy atom. The van der Waals surface area contributed by atoms with Gasteiger partial charge in [-0.3, -0.25) is 9.59 Å². The second kappa shape index (κ2) is 9.74. The van der Waals surface area contributed by atoms with Crippen LogP contribution in [0.3, 0.4) is 0 Å². The number of fused-ring (bicyclic) bond motifs is 3. The van der Waals surface area contributed by atoms with Crippen LogP contribution in [-0.2, 0) is 4.79 Å². The van der Waals surface area contributed by atoms with Crippen LogP contribution in [0, 0.1) is 0 Å². The maximum Gasteiger partial charge on any atom is 0.255 e. The van der Waals surface area contributed by atoms with E-state index in [1.807, 2.05) is 67.6 Å². The average molecular weight is 506 g/mol. The molecular weight excluding hydrogens is 482 g/mol. The van der Waals surface area contributed by atoms with E-state index < -0.39 is 5.92 Å². The van der Waals surface area contributed by atoms with E-state index in [1.54, 1.807) is 30.3 Å². The molecule has 0 radical (unpaired) electrons. The summed E-state index contributed by atoms with van der Waals surface area (Å²) < 4.78 is 16.6. The Labute approximate surface area is 218 Å². The molecule has 2 N–H and O–H groups in total. The Hall–Kier alpha value is -5.11. The molecule has 0 saturated carbocycles. The molecule has 0 spiro atoms. The fourth-order valence-electron chi connectivity index (χ4n) is 4.50. The third-order valence-electron chi connectivity index (χ3n) is 6.47. The Bertz CT molecular complexity index is 1530. The molecular formula is C30H23N3O5. The third kappa shape index (κ3) is 4.43. The Morgan fingerprint density at radius 2 is 1.39 bits per heavy atom. The summed E-state index contributed by atoms with van der Waals surface area (Å²) in [6.07, 6.45) is 0. The number of hydrogen-bond donors (Lipinski definition) is 2. The number of anilines is 1. The van der Waals surface area contributed by atoms with Gasteiger partial charge in [-0.2, -0.15) is 5.10 Å². The minimum Gasteiger partial charge on any atom is -0.457 e. The maximum atomic E-state index is 13.3. The summed E-state index contributed by atoms with van der Waals surface area (Å²) in [5.74, 6) is 1.44. The van der Waals surface area contributed by atoms with Gasteiger partial charge in [0.15, 0.2) is 11.5 Å². The molecule has 8 nitrogen and oxygen atoms in total. The molecule has 0 saturated heterocycles. The van der Waals surface area contributed by atoms with Gasteiger partial charge >= 0.3 is 0 Å². The van der Waals surface area contributed by atoms with Gasteiger partial charge in [0, 0.05) is 22.4 Å². The first-order chi connectivity index (χ1) is 18.6. The van der Waals surface area contributed by atoms with Gasteiger partial charge in [-0.1, -0.05) is 48.5 Å². The predicted octanol–water partition coefficient (Wildman–Crippen LogP) is 5.45. The molecule has 0 atom stereocenters. The quantitative estimate of drug-likeness (QED) is 0.278. The van der Waals surface area contributed by atoms with Crippen LogP contribution >= 0.6 is 0 Å². The zero-order valence-corrected chi connectivity index (χ0v) is 20.4. The van der Waals surface area contributed by atoms with E-state index in [0.29, 0.717) is 40.0 Å². The Kier molecular flexibility index (Phi) is 5.97. The van der Waals surface area contributed by atoms with E-state index in [2.05, 4.69) is 15.8 Å². The van der Waals surface area contributed by atoms with Crippen molar-refractivity contribution in [3.05, 3.63) is 113 Å². The molecule has 188 valence electrons. The third-order valence-corrected chi connectivity index (χ3v) is 6.47. The van der Waals surface area contributed by atoms with Crippen LogP contribution in [0.25, 0.3) is 0 Å². The highest BCUT2D eigenvalue weighted by molar-refractivity contribution is 6.05. The standard InChI is InChI=1S/C30H23N3O5/c1-18(19-10-13-21(14-11-19)31-29(34)20-12-15-26-27(16-20)37-17-36-26)32-33-30(35)28-22-6-2-4-8-24(22)38-25-9-5-3-7-23(25)28/h2-16,28H,17H2,1H3,(H,31,34)(H,33,35). The van der Waals surface area contributed by atoms with Crippen LogP contribution in [0.15, 0.2) is 96.1 Å². The minimum absolute atomic E-state index is 0.152. The topological polar surface area (TPSA) is 98.2 Å².